The molecule has 0 fully saturated rings. The number of hydrogen-bond acceptors (Lipinski definition) is 5. The number of esters is 1. The largest absolute Gasteiger partial charge is 0.460 e. The van der Waals surface area contributed by atoms with Gasteiger partial charge in [-0.25, -0.2) is 9.18 Å². The zero-order chi connectivity index (χ0) is 13.6. The molecule has 0 heterocycles. The number of halogens is 1. The fraction of sp³-hybridized carbons (Fsp3) is 0.750. The van der Waals surface area contributed by atoms with E-state index in [4.69, 9.17) is 18.9 Å². The van der Waals surface area contributed by atoms with Crippen LogP contribution in [-0.2, 0) is 23.7 Å². The summed E-state index contributed by atoms with van der Waals surface area (Å²) in [7, 11) is 0. The Morgan fingerprint density at radius 1 is 0.944 bits per heavy atom. The molecule has 0 saturated carbocycles. The van der Waals surface area contributed by atoms with Crippen molar-refractivity contribution in [1.29, 1.82) is 0 Å². The second-order valence-corrected chi connectivity index (χ2v) is 3.44. The molecule has 18 heavy (non-hydrogen) atoms. The van der Waals surface area contributed by atoms with E-state index in [9.17, 15) is 9.18 Å². The van der Waals surface area contributed by atoms with Crippen LogP contribution in [0.2, 0.25) is 0 Å². The maximum atomic E-state index is 11.6. The van der Waals surface area contributed by atoms with Crippen LogP contribution >= 0.6 is 0 Å². The number of rotatable bonds is 12. The van der Waals surface area contributed by atoms with Gasteiger partial charge in [0.05, 0.1) is 39.6 Å². The van der Waals surface area contributed by atoms with E-state index < -0.39 is 12.6 Å². The van der Waals surface area contributed by atoms with E-state index in [1.54, 1.807) is 6.92 Å². The van der Waals surface area contributed by atoms with Crippen molar-refractivity contribution in [2.75, 3.05) is 52.9 Å². The molecule has 0 aromatic carbocycles. The Hall–Kier alpha value is -0.980. The summed E-state index contributed by atoms with van der Waals surface area (Å²) in [6.07, 6.45) is 0. The molecule has 6 heteroatoms. The number of carbonyl (C=O) groups excluding carboxylic acids is 1. The number of ether oxygens (including phenoxy) is 4. The molecule has 0 atom stereocenters. The van der Waals surface area contributed by atoms with Gasteiger partial charge in [-0.15, -0.1) is 0 Å². The lowest BCUT2D eigenvalue weighted by Crippen LogP contribution is -2.14. The van der Waals surface area contributed by atoms with Gasteiger partial charge in [-0.2, -0.15) is 0 Å². The zero-order valence-electron chi connectivity index (χ0n) is 10.8. The van der Waals surface area contributed by atoms with E-state index >= 15 is 0 Å². The first-order chi connectivity index (χ1) is 8.68. The minimum absolute atomic E-state index is 0.105. The molecule has 0 saturated heterocycles. The van der Waals surface area contributed by atoms with Gasteiger partial charge in [-0.3, -0.25) is 0 Å². The molecule has 0 spiro atoms. The van der Waals surface area contributed by atoms with E-state index in [1.807, 2.05) is 0 Å². The van der Waals surface area contributed by atoms with Crippen LogP contribution in [0.25, 0.3) is 0 Å². The quantitative estimate of drug-likeness (QED) is 0.300. The molecule has 0 aliphatic heterocycles. The highest BCUT2D eigenvalue weighted by atomic mass is 19.1. The first-order valence-corrected chi connectivity index (χ1v) is 5.80. The van der Waals surface area contributed by atoms with Crippen molar-refractivity contribution in [3.05, 3.63) is 12.2 Å². The van der Waals surface area contributed by atoms with E-state index in [0.29, 0.717) is 38.6 Å². The van der Waals surface area contributed by atoms with Crippen LogP contribution in [0.1, 0.15) is 6.92 Å². The van der Waals surface area contributed by atoms with Crippen molar-refractivity contribution >= 4 is 5.97 Å². The first-order valence-electron chi connectivity index (χ1n) is 5.80. The summed E-state index contributed by atoms with van der Waals surface area (Å²) in [6, 6.07) is 0. The maximum Gasteiger partial charge on any atom is 0.333 e. The van der Waals surface area contributed by atoms with Crippen LogP contribution in [0.5, 0.6) is 0 Å². The monoisotopic (exact) mass is 264 g/mol. The molecule has 0 amide bonds. The van der Waals surface area contributed by atoms with Gasteiger partial charge in [0, 0.05) is 5.57 Å². The Labute approximate surface area is 107 Å². The van der Waals surface area contributed by atoms with Gasteiger partial charge in [0.2, 0.25) is 0 Å². The fourth-order valence-corrected chi connectivity index (χ4v) is 0.913. The minimum Gasteiger partial charge on any atom is -0.460 e. The SMILES string of the molecule is C=C(C)C(=O)OCCOCCOCCOCCF. The van der Waals surface area contributed by atoms with Crippen LogP contribution in [0.15, 0.2) is 12.2 Å². The smallest absolute Gasteiger partial charge is 0.333 e. The van der Waals surface area contributed by atoms with Crippen LogP contribution in [-0.4, -0.2) is 58.9 Å². The molecule has 0 aliphatic carbocycles. The third-order valence-electron chi connectivity index (χ3n) is 1.77. The molecule has 5 nitrogen and oxygen atoms in total. The van der Waals surface area contributed by atoms with Crippen LogP contribution in [0.4, 0.5) is 4.39 Å². The standard InChI is InChI=1S/C12H21FO5/c1-11(2)12(14)18-10-9-17-8-7-16-6-5-15-4-3-13/h1,3-10H2,2H3. The Balaban J connectivity index is 3.07. The molecular formula is C12H21FO5. The third kappa shape index (κ3) is 11.5. The van der Waals surface area contributed by atoms with Gasteiger partial charge in [-0.05, 0) is 6.92 Å². The van der Waals surface area contributed by atoms with Crippen LogP contribution in [0, 0.1) is 0 Å². The van der Waals surface area contributed by atoms with Crippen molar-refractivity contribution in [2.24, 2.45) is 0 Å². The van der Waals surface area contributed by atoms with Gasteiger partial charge in [0.15, 0.2) is 0 Å². The lowest BCUT2D eigenvalue weighted by atomic mass is 10.4. The van der Waals surface area contributed by atoms with Crippen molar-refractivity contribution < 1.29 is 28.1 Å². The highest BCUT2D eigenvalue weighted by Gasteiger charge is 2.01. The molecule has 0 aliphatic rings. The van der Waals surface area contributed by atoms with Crippen LogP contribution in [0.3, 0.4) is 0 Å². The molecule has 0 unspecified atom stereocenters. The third-order valence-corrected chi connectivity index (χ3v) is 1.77. The molecule has 106 valence electrons. The summed E-state index contributed by atoms with van der Waals surface area (Å²) in [5.74, 6) is -0.417. The van der Waals surface area contributed by atoms with E-state index in [-0.39, 0.29) is 13.2 Å². The molecular weight excluding hydrogens is 243 g/mol. The zero-order valence-corrected chi connectivity index (χ0v) is 10.8. The summed E-state index contributed by atoms with van der Waals surface area (Å²) in [4.78, 5) is 11.0. The van der Waals surface area contributed by atoms with Crippen molar-refractivity contribution in [3.8, 4) is 0 Å². The molecule has 0 aromatic heterocycles. The van der Waals surface area contributed by atoms with Gasteiger partial charge in [-0.1, -0.05) is 6.58 Å². The Morgan fingerprint density at radius 3 is 1.83 bits per heavy atom. The number of alkyl halides is 1. The predicted molar refractivity (Wildman–Crippen MR) is 64.2 cm³/mol. The van der Waals surface area contributed by atoms with Crippen molar-refractivity contribution in [1.82, 2.24) is 0 Å². The lowest BCUT2D eigenvalue weighted by Gasteiger charge is -2.07. The molecule has 0 bridgehead atoms. The topological polar surface area (TPSA) is 54.0 Å². The van der Waals surface area contributed by atoms with Gasteiger partial charge in [0.25, 0.3) is 0 Å². The van der Waals surface area contributed by atoms with Crippen LogP contribution < -0.4 is 0 Å². The Bertz CT molecular complexity index is 233. The van der Waals surface area contributed by atoms with Crippen molar-refractivity contribution in [3.63, 3.8) is 0 Å². The van der Waals surface area contributed by atoms with Gasteiger partial charge >= 0.3 is 5.97 Å². The van der Waals surface area contributed by atoms with Crippen molar-refractivity contribution in [2.45, 2.75) is 6.92 Å². The summed E-state index contributed by atoms with van der Waals surface area (Å²) in [6.45, 7) is 6.80. The van der Waals surface area contributed by atoms with Gasteiger partial charge < -0.3 is 18.9 Å². The average molecular weight is 264 g/mol. The highest BCUT2D eigenvalue weighted by Crippen LogP contribution is 1.91. The molecule has 0 N–H and O–H groups in total. The average Bonchev–Trinajstić information content (AvgIpc) is 2.35. The second-order valence-electron chi connectivity index (χ2n) is 3.44. The maximum absolute atomic E-state index is 11.6. The normalized spacial score (nSPS) is 10.3. The summed E-state index contributed by atoms with van der Waals surface area (Å²) < 4.78 is 31.6. The van der Waals surface area contributed by atoms with E-state index in [1.165, 1.54) is 0 Å². The molecule has 0 radical (unpaired) electrons. The number of carbonyl (C=O) groups is 1. The second kappa shape index (κ2) is 12.5. The first kappa shape index (κ1) is 17.0. The summed E-state index contributed by atoms with van der Waals surface area (Å²) in [5.41, 5.74) is 0.367. The Morgan fingerprint density at radius 2 is 1.39 bits per heavy atom. The summed E-state index contributed by atoms with van der Waals surface area (Å²) >= 11 is 0. The minimum atomic E-state index is -0.480. The highest BCUT2D eigenvalue weighted by molar-refractivity contribution is 5.86. The Kier molecular flexibility index (Phi) is 11.8. The number of hydrogen-bond donors (Lipinski definition) is 0. The van der Waals surface area contributed by atoms with E-state index in [0.717, 1.165) is 0 Å². The summed E-state index contributed by atoms with van der Waals surface area (Å²) in [5, 5.41) is 0. The molecule has 0 rings (SSSR count). The molecule has 0 aromatic rings. The lowest BCUT2D eigenvalue weighted by molar-refractivity contribution is -0.140. The van der Waals surface area contributed by atoms with E-state index in [2.05, 4.69) is 6.58 Å². The predicted octanol–water partition coefficient (Wildman–Crippen LogP) is 1.12. The fourth-order valence-electron chi connectivity index (χ4n) is 0.913. The van der Waals surface area contributed by atoms with Gasteiger partial charge in [0.1, 0.15) is 13.3 Å².